The lowest BCUT2D eigenvalue weighted by atomic mass is 10.0. The molecule has 3 aromatic heterocycles. The summed E-state index contributed by atoms with van der Waals surface area (Å²) in [5.41, 5.74) is 3.35. The maximum absolute atomic E-state index is 12.8. The molecule has 1 aromatic carbocycles. The van der Waals surface area contributed by atoms with Crippen molar-refractivity contribution in [2.75, 3.05) is 0 Å². The molecule has 1 atom stereocenters. The second kappa shape index (κ2) is 8.40. The first-order valence-corrected chi connectivity index (χ1v) is 12.2. The molecular formula is C24H23N3O2S2. The van der Waals surface area contributed by atoms with Gasteiger partial charge in [-0.25, -0.2) is 4.98 Å². The molecule has 1 aliphatic carbocycles. The molecule has 0 aliphatic heterocycles. The molecule has 1 amide bonds. The second-order valence-corrected chi connectivity index (χ2v) is 10.0. The van der Waals surface area contributed by atoms with E-state index in [9.17, 15) is 9.59 Å². The van der Waals surface area contributed by atoms with Gasteiger partial charge in [0.15, 0.2) is 0 Å². The summed E-state index contributed by atoms with van der Waals surface area (Å²) in [6, 6.07) is 12.1. The number of aromatic nitrogens is 2. The number of hydrogen-bond donors (Lipinski definition) is 2. The van der Waals surface area contributed by atoms with E-state index in [-0.39, 0.29) is 23.9 Å². The first-order valence-electron chi connectivity index (χ1n) is 10.5. The lowest BCUT2D eigenvalue weighted by Crippen LogP contribution is -2.29. The van der Waals surface area contributed by atoms with Crippen LogP contribution in [0.1, 0.15) is 51.2 Å². The van der Waals surface area contributed by atoms with Crippen molar-refractivity contribution in [2.24, 2.45) is 0 Å². The van der Waals surface area contributed by atoms with Gasteiger partial charge in [0.2, 0.25) is 5.91 Å². The zero-order valence-corrected chi connectivity index (χ0v) is 18.9. The maximum atomic E-state index is 12.8. The number of benzene rings is 1. The first-order chi connectivity index (χ1) is 15.1. The van der Waals surface area contributed by atoms with E-state index in [1.54, 1.807) is 22.7 Å². The van der Waals surface area contributed by atoms with Crippen LogP contribution in [0.15, 0.2) is 46.6 Å². The van der Waals surface area contributed by atoms with Crippen molar-refractivity contribution in [3.05, 3.63) is 84.4 Å². The van der Waals surface area contributed by atoms with Crippen molar-refractivity contribution in [1.29, 1.82) is 0 Å². The van der Waals surface area contributed by atoms with E-state index in [2.05, 4.69) is 46.5 Å². The Hall–Kier alpha value is -2.77. The molecule has 7 heteroatoms. The fraction of sp³-hybridized carbons (Fsp3) is 0.292. The molecule has 158 valence electrons. The Morgan fingerprint density at radius 1 is 1.23 bits per heavy atom. The van der Waals surface area contributed by atoms with Gasteiger partial charge in [-0.3, -0.25) is 9.59 Å². The molecule has 1 unspecified atom stereocenters. The predicted molar refractivity (Wildman–Crippen MR) is 126 cm³/mol. The second-order valence-electron chi connectivity index (χ2n) is 7.98. The summed E-state index contributed by atoms with van der Waals surface area (Å²) < 4.78 is 0. The number of aryl methyl sites for hydroxylation is 4. The summed E-state index contributed by atoms with van der Waals surface area (Å²) in [6.07, 6.45) is 3.80. The largest absolute Gasteiger partial charge is 0.344 e. The number of fused-ring (bicyclic) bond motifs is 3. The van der Waals surface area contributed by atoms with Crippen molar-refractivity contribution in [2.45, 2.75) is 45.1 Å². The number of H-pyrrole nitrogens is 1. The monoisotopic (exact) mass is 449 g/mol. The third-order valence-electron chi connectivity index (χ3n) is 5.76. The summed E-state index contributed by atoms with van der Waals surface area (Å²) in [5, 5.41) is 5.93. The summed E-state index contributed by atoms with van der Waals surface area (Å²) in [4.78, 5) is 36.2. The Kier molecular flexibility index (Phi) is 5.46. The average Bonchev–Trinajstić information content (AvgIpc) is 3.48. The molecule has 0 spiro atoms. The fourth-order valence-electron chi connectivity index (χ4n) is 4.16. The van der Waals surface area contributed by atoms with Crippen LogP contribution in [0.5, 0.6) is 0 Å². The minimum Gasteiger partial charge on any atom is -0.344 e. The van der Waals surface area contributed by atoms with E-state index in [1.807, 2.05) is 17.5 Å². The molecule has 2 N–H and O–H groups in total. The van der Waals surface area contributed by atoms with E-state index >= 15 is 0 Å². The van der Waals surface area contributed by atoms with Gasteiger partial charge in [0.25, 0.3) is 5.56 Å². The topological polar surface area (TPSA) is 74.8 Å². The summed E-state index contributed by atoms with van der Waals surface area (Å²) in [7, 11) is 0. The number of thiophene rings is 2. The van der Waals surface area contributed by atoms with Crippen molar-refractivity contribution >= 4 is 38.8 Å². The highest BCUT2D eigenvalue weighted by molar-refractivity contribution is 7.18. The highest BCUT2D eigenvalue weighted by atomic mass is 32.1. The molecule has 0 fully saturated rings. The summed E-state index contributed by atoms with van der Waals surface area (Å²) in [5.74, 6) is 0.519. The van der Waals surface area contributed by atoms with Gasteiger partial charge in [0.1, 0.15) is 10.7 Å². The number of amides is 1. The first kappa shape index (κ1) is 20.2. The van der Waals surface area contributed by atoms with Crippen LogP contribution in [0.3, 0.4) is 0 Å². The summed E-state index contributed by atoms with van der Waals surface area (Å²) >= 11 is 3.25. The molecule has 5 nitrogen and oxygen atoms in total. The molecular weight excluding hydrogens is 426 g/mol. The zero-order chi connectivity index (χ0) is 21.4. The van der Waals surface area contributed by atoms with Gasteiger partial charge in [-0.1, -0.05) is 35.9 Å². The van der Waals surface area contributed by atoms with Gasteiger partial charge in [-0.15, -0.1) is 22.7 Å². The van der Waals surface area contributed by atoms with Gasteiger partial charge in [-0.2, -0.15) is 0 Å². The lowest BCUT2D eigenvalue weighted by molar-refractivity contribution is -0.121. The van der Waals surface area contributed by atoms with Gasteiger partial charge in [0, 0.05) is 22.6 Å². The molecule has 0 radical (unpaired) electrons. The number of aromatic amines is 1. The fourth-order valence-corrected chi connectivity index (χ4v) is 6.25. The number of hydrogen-bond acceptors (Lipinski definition) is 5. The molecule has 31 heavy (non-hydrogen) atoms. The molecule has 0 saturated carbocycles. The predicted octanol–water partition coefficient (Wildman–Crippen LogP) is 4.68. The number of rotatable bonds is 6. The minimum atomic E-state index is -0.178. The van der Waals surface area contributed by atoms with Gasteiger partial charge >= 0.3 is 0 Å². The minimum absolute atomic E-state index is 0.0598. The van der Waals surface area contributed by atoms with Crippen LogP contribution in [0.2, 0.25) is 0 Å². The van der Waals surface area contributed by atoms with E-state index in [0.29, 0.717) is 12.2 Å². The molecule has 1 aliphatic rings. The average molecular weight is 450 g/mol. The Morgan fingerprint density at radius 3 is 2.84 bits per heavy atom. The van der Waals surface area contributed by atoms with Gasteiger partial charge in [0.05, 0.1) is 11.4 Å². The van der Waals surface area contributed by atoms with Crippen LogP contribution < -0.4 is 10.9 Å². The Labute approximate surface area is 188 Å². The van der Waals surface area contributed by atoms with Crippen LogP contribution in [-0.2, 0) is 24.1 Å². The Balaban J connectivity index is 1.31. The highest BCUT2D eigenvalue weighted by Gasteiger charge is 2.22. The quantitative estimate of drug-likeness (QED) is 0.449. The molecule has 0 saturated heterocycles. The van der Waals surface area contributed by atoms with E-state index < -0.39 is 0 Å². The number of nitrogens with one attached hydrogen (secondary N) is 2. The third-order valence-corrected chi connectivity index (χ3v) is 7.88. The van der Waals surface area contributed by atoms with Crippen LogP contribution in [0.25, 0.3) is 10.2 Å². The van der Waals surface area contributed by atoms with Crippen molar-refractivity contribution in [3.63, 3.8) is 0 Å². The lowest BCUT2D eigenvalue weighted by Gasteiger charge is -2.18. The van der Waals surface area contributed by atoms with E-state index in [1.165, 1.54) is 16.0 Å². The molecule has 3 heterocycles. The van der Waals surface area contributed by atoms with E-state index in [4.69, 9.17) is 0 Å². The highest BCUT2D eigenvalue weighted by Crippen LogP contribution is 2.34. The maximum Gasteiger partial charge on any atom is 0.259 e. The standard InChI is InChI=1S/C24H23N3O2S2/c1-14-7-9-15(10-8-14)22(18-6-3-13-30-18)27-20(28)12-11-19-25-23(29)21-16-4-2-5-17(16)31-24(21)26-19/h3,6-10,13,22H,2,4-5,11-12H2,1H3,(H,27,28)(H,25,26,29). The smallest absolute Gasteiger partial charge is 0.259 e. The molecule has 4 aromatic rings. The SMILES string of the molecule is Cc1ccc(C(NC(=O)CCc2nc3sc4c(c3c(=O)[nH]2)CCC4)c2cccs2)cc1. The van der Waals surface area contributed by atoms with Gasteiger partial charge < -0.3 is 10.3 Å². The number of carbonyl (C=O) groups is 1. The van der Waals surface area contributed by atoms with Crippen molar-refractivity contribution in [3.8, 4) is 0 Å². The number of carbonyl (C=O) groups excluding carboxylic acids is 1. The summed E-state index contributed by atoms with van der Waals surface area (Å²) in [6.45, 7) is 2.05. The van der Waals surface area contributed by atoms with Gasteiger partial charge in [-0.05, 0) is 48.8 Å². The molecule has 5 rings (SSSR count). The van der Waals surface area contributed by atoms with Crippen LogP contribution >= 0.6 is 22.7 Å². The molecule has 0 bridgehead atoms. The van der Waals surface area contributed by atoms with Crippen molar-refractivity contribution in [1.82, 2.24) is 15.3 Å². The third kappa shape index (κ3) is 4.07. The Bertz CT molecular complexity index is 1290. The van der Waals surface area contributed by atoms with Crippen LogP contribution in [0, 0.1) is 6.92 Å². The normalized spacial score (nSPS) is 14.0. The Morgan fingerprint density at radius 2 is 2.06 bits per heavy atom. The van der Waals surface area contributed by atoms with Crippen LogP contribution in [0.4, 0.5) is 0 Å². The zero-order valence-electron chi connectivity index (χ0n) is 17.2. The van der Waals surface area contributed by atoms with Crippen LogP contribution in [-0.4, -0.2) is 15.9 Å². The van der Waals surface area contributed by atoms with E-state index in [0.717, 1.165) is 39.9 Å². The number of nitrogens with zero attached hydrogens (tertiary/aromatic N) is 1. The van der Waals surface area contributed by atoms with Crippen molar-refractivity contribution < 1.29 is 4.79 Å².